The summed E-state index contributed by atoms with van der Waals surface area (Å²) in [5.41, 5.74) is 1.16. The lowest BCUT2D eigenvalue weighted by molar-refractivity contribution is -0.135. The first-order chi connectivity index (χ1) is 16.2. The fourth-order valence-corrected chi connectivity index (χ4v) is 3.31. The molecule has 0 aliphatic carbocycles. The summed E-state index contributed by atoms with van der Waals surface area (Å²) in [6.45, 7) is 5.32. The third-order valence-corrected chi connectivity index (χ3v) is 4.73. The van der Waals surface area contributed by atoms with Crippen molar-refractivity contribution >= 4 is 22.8 Å². The first kappa shape index (κ1) is 26.6. The Labute approximate surface area is 196 Å². The number of fused-ring (bicyclic) bond motifs is 1. The van der Waals surface area contributed by atoms with Crippen LogP contribution in [0.2, 0.25) is 0 Å². The second kappa shape index (κ2) is 13.1. The number of ether oxygens (including phenoxy) is 2. The number of nitrogens with one attached hydrogen (secondary N) is 2. The van der Waals surface area contributed by atoms with E-state index >= 15 is 0 Å². The summed E-state index contributed by atoms with van der Waals surface area (Å²) in [6, 6.07) is 7.85. The molecule has 1 fully saturated rings. The Balaban J connectivity index is 0.000000446. The summed E-state index contributed by atoms with van der Waals surface area (Å²) in [6.07, 6.45) is 4.57. The van der Waals surface area contributed by atoms with Gasteiger partial charge in [0.1, 0.15) is 11.6 Å². The highest BCUT2D eigenvalue weighted by molar-refractivity contribution is 5.83. The van der Waals surface area contributed by atoms with Crippen LogP contribution in [0.1, 0.15) is 20.3 Å². The van der Waals surface area contributed by atoms with Crippen LogP contribution in [0, 0.1) is 0 Å². The van der Waals surface area contributed by atoms with Gasteiger partial charge in [-0.15, -0.1) is 0 Å². The lowest BCUT2D eigenvalue weighted by Gasteiger charge is -2.24. The van der Waals surface area contributed by atoms with Gasteiger partial charge in [0.25, 0.3) is 17.5 Å². The average Bonchev–Trinajstić information content (AvgIpc) is 3.25. The molecule has 4 rings (SSSR count). The minimum Gasteiger partial charge on any atom is -0.497 e. The summed E-state index contributed by atoms with van der Waals surface area (Å²) in [4.78, 5) is 38.0. The number of aryl methyl sites for hydroxylation is 1. The highest BCUT2D eigenvalue weighted by Gasteiger charge is 2.16. The Morgan fingerprint density at radius 1 is 1.24 bits per heavy atom. The first-order valence-electron chi connectivity index (χ1n) is 10.6. The van der Waals surface area contributed by atoms with E-state index in [0.29, 0.717) is 23.2 Å². The number of imidazole rings is 1. The second-order valence-corrected chi connectivity index (χ2v) is 7.46. The van der Waals surface area contributed by atoms with E-state index in [0.717, 1.165) is 57.5 Å². The second-order valence-electron chi connectivity index (χ2n) is 7.46. The van der Waals surface area contributed by atoms with E-state index in [1.54, 1.807) is 13.3 Å². The third kappa shape index (κ3) is 8.34. The van der Waals surface area contributed by atoms with Crippen molar-refractivity contribution in [1.82, 2.24) is 19.9 Å². The van der Waals surface area contributed by atoms with E-state index < -0.39 is 11.9 Å². The van der Waals surface area contributed by atoms with Gasteiger partial charge in [-0.2, -0.15) is 0 Å². The smallest absolute Gasteiger partial charge is 0.300 e. The molecule has 0 radical (unpaired) electrons. The van der Waals surface area contributed by atoms with E-state index in [2.05, 4.69) is 15.3 Å². The largest absolute Gasteiger partial charge is 0.497 e. The Bertz CT molecular complexity index is 1130. The maximum Gasteiger partial charge on any atom is 0.300 e. The molecule has 0 spiro atoms. The number of aromatic amines is 1. The molecule has 0 bridgehead atoms. The predicted octanol–water partition coefficient (Wildman–Crippen LogP) is 1.96. The molecule has 3 aromatic rings. The molecule has 1 aliphatic heterocycles. The fourth-order valence-electron chi connectivity index (χ4n) is 3.31. The van der Waals surface area contributed by atoms with E-state index in [1.165, 1.54) is 0 Å². The topological polar surface area (TPSA) is 156 Å². The van der Waals surface area contributed by atoms with Crippen LogP contribution >= 0.6 is 0 Å². The Morgan fingerprint density at radius 2 is 1.94 bits per heavy atom. The number of carboxylic acid groups (broad SMARTS) is 2. The van der Waals surface area contributed by atoms with Gasteiger partial charge in [0.15, 0.2) is 0 Å². The molecule has 34 heavy (non-hydrogen) atoms. The summed E-state index contributed by atoms with van der Waals surface area (Å²) >= 11 is 0. The number of carbonyl (C=O) groups is 2. The highest BCUT2D eigenvalue weighted by Crippen LogP contribution is 2.22. The Hall–Kier alpha value is -3.70. The van der Waals surface area contributed by atoms with Crippen molar-refractivity contribution in [1.29, 1.82) is 0 Å². The maximum absolute atomic E-state index is 12.6. The van der Waals surface area contributed by atoms with Crippen molar-refractivity contribution in [3.8, 4) is 17.1 Å². The van der Waals surface area contributed by atoms with E-state index in [4.69, 9.17) is 29.3 Å². The van der Waals surface area contributed by atoms with Crippen LogP contribution < -0.4 is 15.6 Å². The standard InChI is InChI=1S/C19H22N4O3.2C2H4O2/c1-25-15-3-2-13-10-16(19(24)22-17(13)11-15)18-21-5-8-23(18)7-4-14-12-26-9-6-20-14;2*1-2(3)4/h2-3,5,8,10-11,14,20H,4,6-7,9,12H2,1H3,(H,22,24);2*1H3,(H,3,4). The molecule has 0 saturated carbocycles. The molecule has 4 N–H and O–H groups in total. The lowest BCUT2D eigenvalue weighted by Crippen LogP contribution is -2.41. The first-order valence-corrected chi connectivity index (χ1v) is 10.6. The fraction of sp³-hybridized carbons (Fsp3) is 0.391. The van der Waals surface area contributed by atoms with Gasteiger partial charge in [-0.3, -0.25) is 14.4 Å². The molecule has 11 heteroatoms. The highest BCUT2D eigenvalue weighted by atomic mass is 16.5. The van der Waals surface area contributed by atoms with Gasteiger partial charge in [0.2, 0.25) is 0 Å². The summed E-state index contributed by atoms with van der Waals surface area (Å²) in [5.74, 6) is -0.273. The number of aromatic nitrogens is 3. The number of benzene rings is 1. The minimum atomic E-state index is -0.833. The molecule has 2 aromatic heterocycles. The summed E-state index contributed by atoms with van der Waals surface area (Å²) in [5, 5.41) is 19.2. The van der Waals surface area contributed by atoms with Crippen LogP contribution in [0.4, 0.5) is 0 Å². The van der Waals surface area contributed by atoms with Crippen molar-refractivity contribution in [3.05, 3.63) is 47.0 Å². The van der Waals surface area contributed by atoms with Crippen LogP contribution in [-0.4, -0.2) is 69.6 Å². The monoisotopic (exact) mass is 474 g/mol. The molecular formula is C23H30N4O7. The summed E-state index contributed by atoms with van der Waals surface area (Å²) in [7, 11) is 1.61. The molecule has 11 nitrogen and oxygen atoms in total. The van der Waals surface area contributed by atoms with Gasteiger partial charge in [-0.05, 0) is 30.0 Å². The van der Waals surface area contributed by atoms with E-state index in [9.17, 15) is 4.79 Å². The number of pyridine rings is 1. The Kier molecular flexibility index (Phi) is 10.2. The molecular weight excluding hydrogens is 444 g/mol. The predicted molar refractivity (Wildman–Crippen MR) is 126 cm³/mol. The molecule has 1 aliphatic rings. The minimum absolute atomic E-state index is 0.155. The van der Waals surface area contributed by atoms with Crippen LogP contribution in [0.15, 0.2) is 41.5 Å². The zero-order valence-corrected chi connectivity index (χ0v) is 19.4. The number of H-pyrrole nitrogens is 1. The number of methoxy groups -OCH3 is 1. The molecule has 1 saturated heterocycles. The molecule has 184 valence electrons. The average molecular weight is 475 g/mol. The number of carboxylic acids is 2. The van der Waals surface area contributed by atoms with E-state index in [1.807, 2.05) is 35.0 Å². The zero-order chi connectivity index (χ0) is 25.1. The number of nitrogens with zero attached hydrogens (tertiary/aromatic N) is 2. The summed E-state index contributed by atoms with van der Waals surface area (Å²) < 4.78 is 12.7. The van der Waals surface area contributed by atoms with Gasteiger partial charge >= 0.3 is 0 Å². The van der Waals surface area contributed by atoms with E-state index in [-0.39, 0.29) is 5.56 Å². The molecule has 0 amide bonds. The maximum atomic E-state index is 12.6. The van der Waals surface area contributed by atoms with Crippen molar-refractivity contribution in [3.63, 3.8) is 0 Å². The van der Waals surface area contributed by atoms with Gasteiger partial charge in [-0.25, -0.2) is 4.98 Å². The van der Waals surface area contributed by atoms with Gasteiger partial charge < -0.3 is 34.6 Å². The van der Waals surface area contributed by atoms with Gasteiger partial charge in [0.05, 0.1) is 31.4 Å². The third-order valence-electron chi connectivity index (χ3n) is 4.73. The van der Waals surface area contributed by atoms with Crippen molar-refractivity contribution in [2.24, 2.45) is 0 Å². The van der Waals surface area contributed by atoms with Crippen molar-refractivity contribution in [2.75, 3.05) is 26.9 Å². The lowest BCUT2D eigenvalue weighted by atomic mass is 10.1. The van der Waals surface area contributed by atoms with Gasteiger partial charge in [-0.1, -0.05) is 0 Å². The van der Waals surface area contributed by atoms with Crippen LogP contribution in [-0.2, 0) is 20.9 Å². The SMILES string of the molecule is CC(=O)O.CC(=O)O.COc1ccc2cc(-c3nccn3CCC3COCCN3)c(=O)[nH]c2c1. The van der Waals surface area contributed by atoms with Crippen LogP contribution in [0.3, 0.4) is 0 Å². The number of hydrogen-bond acceptors (Lipinski definition) is 7. The molecule has 3 heterocycles. The Morgan fingerprint density at radius 3 is 2.56 bits per heavy atom. The quantitative estimate of drug-likeness (QED) is 0.434. The number of aliphatic carboxylic acids is 2. The molecule has 1 aromatic carbocycles. The number of hydrogen-bond donors (Lipinski definition) is 4. The molecule has 1 unspecified atom stereocenters. The van der Waals surface area contributed by atoms with Gasteiger partial charge in [0, 0.05) is 51.4 Å². The van der Waals surface area contributed by atoms with Crippen molar-refractivity contribution in [2.45, 2.75) is 32.9 Å². The van der Waals surface area contributed by atoms with Crippen LogP contribution in [0.25, 0.3) is 22.3 Å². The van der Waals surface area contributed by atoms with Crippen molar-refractivity contribution < 1.29 is 29.3 Å². The number of morpholine rings is 1. The molecule has 1 atom stereocenters. The normalized spacial score (nSPS) is 14.9. The van der Waals surface area contributed by atoms with Crippen LogP contribution in [0.5, 0.6) is 5.75 Å². The number of rotatable bonds is 5. The zero-order valence-electron chi connectivity index (χ0n) is 19.4.